The van der Waals surface area contributed by atoms with Crippen LogP contribution in [0.5, 0.6) is 5.75 Å². The van der Waals surface area contributed by atoms with Gasteiger partial charge in [-0.3, -0.25) is 0 Å². The zero-order valence-electron chi connectivity index (χ0n) is 12.3. The van der Waals surface area contributed by atoms with Gasteiger partial charge in [-0.1, -0.05) is 49.4 Å². The number of ether oxygens (including phenoxy) is 1. The Labute approximate surface area is 121 Å². The molecule has 2 aromatic rings. The summed E-state index contributed by atoms with van der Waals surface area (Å²) in [4.78, 5) is 0. The first-order chi connectivity index (χ1) is 9.76. The molecule has 2 nitrogen and oxygen atoms in total. The average molecular weight is 269 g/mol. The van der Waals surface area contributed by atoms with Crippen molar-refractivity contribution >= 4 is 0 Å². The van der Waals surface area contributed by atoms with Crippen LogP contribution in [0.3, 0.4) is 0 Å². The number of hydrogen-bond acceptors (Lipinski definition) is 2. The molecule has 0 spiro atoms. The van der Waals surface area contributed by atoms with Gasteiger partial charge in [-0.15, -0.1) is 0 Å². The van der Waals surface area contributed by atoms with E-state index in [1.165, 1.54) is 11.1 Å². The van der Waals surface area contributed by atoms with Gasteiger partial charge in [0.2, 0.25) is 0 Å². The van der Waals surface area contributed by atoms with Crippen LogP contribution >= 0.6 is 0 Å². The first-order valence-electron chi connectivity index (χ1n) is 7.24. The maximum Gasteiger partial charge on any atom is 0.119 e. The summed E-state index contributed by atoms with van der Waals surface area (Å²) in [6, 6.07) is 18.9. The third-order valence-electron chi connectivity index (χ3n) is 3.80. The minimum Gasteiger partial charge on any atom is -0.494 e. The first kappa shape index (κ1) is 14.6. The molecular weight excluding hydrogens is 246 g/mol. The van der Waals surface area contributed by atoms with Gasteiger partial charge >= 0.3 is 0 Å². The van der Waals surface area contributed by atoms with Crippen LogP contribution in [0.15, 0.2) is 54.6 Å². The van der Waals surface area contributed by atoms with Crippen molar-refractivity contribution in [3.05, 3.63) is 65.7 Å². The lowest BCUT2D eigenvalue weighted by molar-refractivity contribution is 0.340. The molecular formula is C18H23NO. The summed E-state index contributed by atoms with van der Waals surface area (Å²) in [5, 5.41) is 0. The lowest BCUT2D eigenvalue weighted by Crippen LogP contribution is -2.18. The molecule has 2 unspecified atom stereocenters. The van der Waals surface area contributed by atoms with Crippen molar-refractivity contribution in [2.75, 3.05) is 13.2 Å². The van der Waals surface area contributed by atoms with E-state index in [4.69, 9.17) is 10.5 Å². The molecule has 0 heterocycles. The van der Waals surface area contributed by atoms with E-state index >= 15 is 0 Å². The highest BCUT2D eigenvalue weighted by atomic mass is 16.5. The summed E-state index contributed by atoms with van der Waals surface area (Å²) >= 11 is 0. The van der Waals surface area contributed by atoms with E-state index in [1.807, 2.05) is 25.1 Å². The molecule has 2 rings (SSSR count). The van der Waals surface area contributed by atoms with Crippen LogP contribution in [0.1, 0.15) is 36.8 Å². The van der Waals surface area contributed by atoms with Crippen molar-refractivity contribution in [2.24, 2.45) is 5.73 Å². The number of hydrogen-bond donors (Lipinski definition) is 1. The Balaban J connectivity index is 2.19. The average Bonchev–Trinajstić information content (AvgIpc) is 2.51. The van der Waals surface area contributed by atoms with E-state index in [1.54, 1.807) is 0 Å². The molecule has 0 amide bonds. The van der Waals surface area contributed by atoms with Gasteiger partial charge in [0.05, 0.1) is 6.61 Å². The largest absolute Gasteiger partial charge is 0.494 e. The molecule has 0 aromatic heterocycles. The zero-order chi connectivity index (χ0) is 14.4. The second kappa shape index (κ2) is 7.11. The highest BCUT2D eigenvalue weighted by Crippen LogP contribution is 2.32. The predicted octanol–water partition coefficient (Wildman–Crippen LogP) is 3.93. The SMILES string of the molecule is CCOc1ccc(C(CN)C(C)c2ccccc2)cc1. The van der Waals surface area contributed by atoms with Crippen LogP contribution in [-0.2, 0) is 0 Å². The quantitative estimate of drug-likeness (QED) is 0.862. The van der Waals surface area contributed by atoms with E-state index in [9.17, 15) is 0 Å². The number of benzene rings is 2. The maximum absolute atomic E-state index is 6.01. The third kappa shape index (κ3) is 3.40. The van der Waals surface area contributed by atoms with Crippen LogP contribution in [0.25, 0.3) is 0 Å². The van der Waals surface area contributed by atoms with Crippen molar-refractivity contribution in [3.8, 4) is 5.75 Å². The molecule has 0 radical (unpaired) electrons. The molecule has 2 heteroatoms. The summed E-state index contributed by atoms with van der Waals surface area (Å²) in [6.07, 6.45) is 0. The molecule has 0 fully saturated rings. The predicted molar refractivity (Wildman–Crippen MR) is 84.3 cm³/mol. The second-order valence-corrected chi connectivity index (χ2v) is 5.04. The third-order valence-corrected chi connectivity index (χ3v) is 3.80. The molecule has 0 aliphatic carbocycles. The van der Waals surface area contributed by atoms with E-state index in [2.05, 4.69) is 43.3 Å². The molecule has 20 heavy (non-hydrogen) atoms. The van der Waals surface area contributed by atoms with Gasteiger partial charge in [-0.2, -0.15) is 0 Å². The van der Waals surface area contributed by atoms with E-state index < -0.39 is 0 Å². The van der Waals surface area contributed by atoms with Crippen molar-refractivity contribution in [1.82, 2.24) is 0 Å². The van der Waals surface area contributed by atoms with Gasteiger partial charge in [-0.05, 0) is 42.6 Å². The highest BCUT2D eigenvalue weighted by Gasteiger charge is 2.19. The fraction of sp³-hybridized carbons (Fsp3) is 0.333. The number of nitrogens with two attached hydrogens (primary N) is 1. The monoisotopic (exact) mass is 269 g/mol. The van der Waals surface area contributed by atoms with Crippen molar-refractivity contribution in [3.63, 3.8) is 0 Å². The highest BCUT2D eigenvalue weighted by molar-refractivity contribution is 5.33. The zero-order valence-corrected chi connectivity index (χ0v) is 12.3. The van der Waals surface area contributed by atoms with Crippen LogP contribution < -0.4 is 10.5 Å². The Hall–Kier alpha value is -1.80. The molecule has 106 valence electrons. The summed E-state index contributed by atoms with van der Waals surface area (Å²) in [5.74, 6) is 1.65. The maximum atomic E-state index is 6.01. The van der Waals surface area contributed by atoms with Crippen molar-refractivity contribution in [2.45, 2.75) is 25.7 Å². The standard InChI is InChI=1S/C18H23NO/c1-3-20-17-11-9-16(10-12-17)18(13-19)14(2)15-7-5-4-6-8-15/h4-12,14,18H,3,13,19H2,1-2H3. The Morgan fingerprint density at radius 1 is 0.950 bits per heavy atom. The fourth-order valence-electron chi connectivity index (χ4n) is 2.60. The molecule has 0 aliphatic heterocycles. The first-order valence-corrected chi connectivity index (χ1v) is 7.24. The lowest BCUT2D eigenvalue weighted by Gasteiger charge is -2.23. The summed E-state index contributed by atoms with van der Waals surface area (Å²) < 4.78 is 5.49. The lowest BCUT2D eigenvalue weighted by atomic mass is 9.83. The van der Waals surface area contributed by atoms with E-state index in [0.717, 1.165) is 5.75 Å². The Kier molecular flexibility index (Phi) is 5.19. The number of rotatable bonds is 6. The van der Waals surface area contributed by atoms with Gasteiger partial charge in [0.15, 0.2) is 0 Å². The molecule has 2 N–H and O–H groups in total. The minimum absolute atomic E-state index is 0.327. The van der Waals surface area contributed by atoms with Gasteiger partial charge in [0.1, 0.15) is 5.75 Å². The summed E-state index contributed by atoms with van der Waals surface area (Å²) in [7, 11) is 0. The molecule has 0 saturated heterocycles. The summed E-state index contributed by atoms with van der Waals surface area (Å²) in [6.45, 7) is 5.57. The Morgan fingerprint density at radius 2 is 1.60 bits per heavy atom. The van der Waals surface area contributed by atoms with Crippen LogP contribution in [0.2, 0.25) is 0 Å². The molecule has 2 aromatic carbocycles. The van der Waals surface area contributed by atoms with Gasteiger partial charge < -0.3 is 10.5 Å². The van der Waals surface area contributed by atoms with Crippen LogP contribution in [0.4, 0.5) is 0 Å². The van der Waals surface area contributed by atoms with Crippen LogP contribution in [-0.4, -0.2) is 13.2 Å². The van der Waals surface area contributed by atoms with Gasteiger partial charge in [-0.25, -0.2) is 0 Å². The smallest absolute Gasteiger partial charge is 0.119 e. The van der Waals surface area contributed by atoms with Gasteiger partial charge in [0, 0.05) is 5.92 Å². The van der Waals surface area contributed by atoms with E-state index in [-0.39, 0.29) is 0 Å². The molecule has 0 aliphatic rings. The summed E-state index contributed by atoms with van der Waals surface area (Å²) in [5.41, 5.74) is 8.61. The minimum atomic E-state index is 0.327. The van der Waals surface area contributed by atoms with Crippen molar-refractivity contribution < 1.29 is 4.74 Å². The topological polar surface area (TPSA) is 35.2 Å². The molecule has 2 atom stereocenters. The van der Waals surface area contributed by atoms with E-state index in [0.29, 0.717) is 25.0 Å². The fourth-order valence-corrected chi connectivity index (χ4v) is 2.60. The second-order valence-electron chi connectivity index (χ2n) is 5.04. The van der Waals surface area contributed by atoms with Gasteiger partial charge in [0.25, 0.3) is 0 Å². The Bertz CT molecular complexity index is 507. The molecule has 0 saturated carbocycles. The van der Waals surface area contributed by atoms with Crippen molar-refractivity contribution in [1.29, 1.82) is 0 Å². The Morgan fingerprint density at radius 3 is 2.15 bits per heavy atom. The normalized spacial score (nSPS) is 13.8. The van der Waals surface area contributed by atoms with Crippen LogP contribution in [0, 0.1) is 0 Å². The molecule has 0 bridgehead atoms.